The van der Waals surface area contributed by atoms with Gasteiger partial charge < -0.3 is 10.6 Å². The highest BCUT2D eigenvalue weighted by molar-refractivity contribution is 7.80. The number of hydrogen-bond donors (Lipinski definition) is 1. The molecule has 0 aromatic carbocycles. The van der Waals surface area contributed by atoms with E-state index in [9.17, 15) is 0 Å². The third kappa shape index (κ3) is 2.75. The van der Waals surface area contributed by atoms with E-state index in [0.29, 0.717) is 4.99 Å². The lowest BCUT2D eigenvalue weighted by Gasteiger charge is -2.33. The van der Waals surface area contributed by atoms with E-state index < -0.39 is 0 Å². The van der Waals surface area contributed by atoms with E-state index in [1.165, 1.54) is 19.3 Å². The number of nitrogens with two attached hydrogens (primary N) is 1. The second-order valence-corrected chi connectivity index (χ2v) is 5.02. The van der Waals surface area contributed by atoms with Gasteiger partial charge in [0, 0.05) is 19.3 Å². The van der Waals surface area contributed by atoms with Crippen molar-refractivity contribution in [2.24, 2.45) is 11.7 Å². The summed E-state index contributed by atoms with van der Waals surface area (Å²) in [6, 6.07) is 3.84. The van der Waals surface area contributed by atoms with Crippen LogP contribution < -0.4 is 10.6 Å². The Kier molecular flexibility index (Phi) is 3.94. The third-order valence-corrected chi connectivity index (χ3v) is 3.76. The van der Waals surface area contributed by atoms with Gasteiger partial charge in [-0.15, -0.1) is 0 Å². The quantitative estimate of drug-likeness (QED) is 0.835. The van der Waals surface area contributed by atoms with Crippen LogP contribution in [0.1, 0.15) is 31.7 Å². The Labute approximate surface area is 108 Å². The number of thiocarbonyl (C=S) groups is 1. The average Bonchev–Trinajstić information content (AvgIpc) is 2.39. The van der Waals surface area contributed by atoms with Gasteiger partial charge in [-0.2, -0.15) is 0 Å². The number of aromatic nitrogens is 1. The SMILES string of the molecule is CCC1CCN(c2ncccc2C(N)=S)CC1. The van der Waals surface area contributed by atoms with Crippen LogP contribution in [0.2, 0.25) is 0 Å². The molecule has 0 aliphatic carbocycles. The van der Waals surface area contributed by atoms with Crippen LogP contribution in [0.15, 0.2) is 18.3 Å². The molecule has 1 aliphatic heterocycles. The van der Waals surface area contributed by atoms with Crippen molar-refractivity contribution in [3.8, 4) is 0 Å². The first kappa shape index (κ1) is 12.3. The highest BCUT2D eigenvalue weighted by atomic mass is 32.1. The molecule has 0 amide bonds. The Morgan fingerprint density at radius 3 is 2.82 bits per heavy atom. The monoisotopic (exact) mass is 249 g/mol. The van der Waals surface area contributed by atoms with Gasteiger partial charge in [0.2, 0.25) is 0 Å². The molecule has 92 valence electrons. The van der Waals surface area contributed by atoms with Crippen LogP contribution in [-0.4, -0.2) is 23.1 Å². The molecule has 2 rings (SSSR count). The van der Waals surface area contributed by atoms with Crippen molar-refractivity contribution in [1.82, 2.24) is 4.98 Å². The van der Waals surface area contributed by atoms with Crippen LogP contribution in [0.3, 0.4) is 0 Å². The number of anilines is 1. The molecule has 1 fully saturated rings. The molecule has 1 aromatic rings. The molecule has 0 unspecified atom stereocenters. The van der Waals surface area contributed by atoms with E-state index in [1.54, 1.807) is 0 Å². The molecule has 2 heterocycles. The molecule has 0 atom stereocenters. The summed E-state index contributed by atoms with van der Waals surface area (Å²) in [6.45, 7) is 4.39. The van der Waals surface area contributed by atoms with Gasteiger partial charge >= 0.3 is 0 Å². The number of piperidine rings is 1. The molecule has 0 bridgehead atoms. The van der Waals surface area contributed by atoms with Gasteiger partial charge in [0.15, 0.2) is 0 Å². The fourth-order valence-corrected chi connectivity index (χ4v) is 2.55. The Morgan fingerprint density at radius 1 is 1.53 bits per heavy atom. The van der Waals surface area contributed by atoms with Crippen molar-refractivity contribution in [2.45, 2.75) is 26.2 Å². The van der Waals surface area contributed by atoms with Gasteiger partial charge in [-0.1, -0.05) is 25.6 Å². The largest absolute Gasteiger partial charge is 0.389 e. The third-order valence-electron chi connectivity index (χ3n) is 3.54. The zero-order valence-electron chi connectivity index (χ0n) is 10.2. The van der Waals surface area contributed by atoms with Gasteiger partial charge in [0.25, 0.3) is 0 Å². The minimum Gasteiger partial charge on any atom is -0.389 e. The van der Waals surface area contributed by atoms with Crippen molar-refractivity contribution >= 4 is 23.0 Å². The maximum absolute atomic E-state index is 5.74. The van der Waals surface area contributed by atoms with Crippen LogP contribution in [-0.2, 0) is 0 Å². The Balaban J connectivity index is 2.15. The maximum atomic E-state index is 5.74. The molecule has 17 heavy (non-hydrogen) atoms. The summed E-state index contributed by atoms with van der Waals surface area (Å²) in [5, 5.41) is 0. The number of hydrogen-bond acceptors (Lipinski definition) is 3. The predicted molar refractivity (Wildman–Crippen MR) is 75.4 cm³/mol. The minimum atomic E-state index is 0.436. The molecule has 1 aliphatic rings. The van der Waals surface area contributed by atoms with E-state index in [-0.39, 0.29) is 0 Å². The van der Waals surface area contributed by atoms with Crippen LogP contribution in [0.4, 0.5) is 5.82 Å². The first-order valence-corrected chi connectivity index (χ1v) is 6.63. The van der Waals surface area contributed by atoms with Crippen molar-refractivity contribution in [3.05, 3.63) is 23.9 Å². The normalized spacial score (nSPS) is 17.1. The van der Waals surface area contributed by atoms with Crippen LogP contribution in [0, 0.1) is 5.92 Å². The van der Waals surface area contributed by atoms with Gasteiger partial charge in [-0.05, 0) is 30.9 Å². The summed E-state index contributed by atoms with van der Waals surface area (Å²) in [4.78, 5) is 7.17. The van der Waals surface area contributed by atoms with E-state index in [2.05, 4.69) is 16.8 Å². The topological polar surface area (TPSA) is 42.2 Å². The van der Waals surface area contributed by atoms with Crippen LogP contribution in [0.5, 0.6) is 0 Å². The van der Waals surface area contributed by atoms with Crippen LogP contribution >= 0.6 is 12.2 Å². The molecule has 0 spiro atoms. The van der Waals surface area contributed by atoms with E-state index in [0.717, 1.165) is 30.4 Å². The number of pyridine rings is 1. The smallest absolute Gasteiger partial charge is 0.138 e. The Hall–Kier alpha value is -1.16. The summed E-state index contributed by atoms with van der Waals surface area (Å²) < 4.78 is 0. The molecule has 0 saturated carbocycles. The molecule has 3 nitrogen and oxygen atoms in total. The highest BCUT2D eigenvalue weighted by Gasteiger charge is 2.21. The van der Waals surface area contributed by atoms with Crippen molar-refractivity contribution in [1.29, 1.82) is 0 Å². The minimum absolute atomic E-state index is 0.436. The van der Waals surface area contributed by atoms with E-state index in [4.69, 9.17) is 18.0 Å². The van der Waals surface area contributed by atoms with Crippen molar-refractivity contribution in [3.63, 3.8) is 0 Å². The maximum Gasteiger partial charge on any atom is 0.138 e. The summed E-state index contributed by atoms with van der Waals surface area (Å²) >= 11 is 5.08. The lowest BCUT2D eigenvalue weighted by molar-refractivity contribution is 0.393. The fourth-order valence-electron chi connectivity index (χ4n) is 2.39. The molecule has 4 heteroatoms. The van der Waals surface area contributed by atoms with Gasteiger partial charge in [-0.3, -0.25) is 0 Å². The second-order valence-electron chi connectivity index (χ2n) is 4.58. The van der Waals surface area contributed by atoms with Crippen LogP contribution in [0.25, 0.3) is 0 Å². The summed E-state index contributed by atoms with van der Waals surface area (Å²) in [5.74, 6) is 1.82. The number of rotatable bonds is 3. The van der Waals surface area contributed by atoms with Crippen molar-refractivity contribution < 1.29 is 0 Å². The van der Waals surface area contributed by atoms with Crippen molar-refractivity contribution in [2.75, 3.05) is 18.0 Å². The zero-order chi connectivity index (χ0) is 12.3. The zero-order valence-corrected chi connectivity index (χ0v) is 11.0. The molecule has 0 radical (unpaired) electrons. The van der Waals surface area contributed by atoms with Gasteiger partial charge in [-0.25, -0.2) is 4.98 Å². The Bertz CT molecular complexity index is 397. The lowest BCUT2D eigenvalue weighted by Crippen LogP contribution is -2.35. The summed E-state index contributed by atoms with van der Waals surface area (Å²) in [7, 11) is 0. The standard InChI is InChI=1S/C13H19N3S/c1-2-10-5-8-16(9-6-10)13-11(12(14)17)4-3-7-15-13/h3-4,7,10H,2,5-6,8-9H2,1H3,(H2,14,17). The predicted octanol–water partition coefficient (Wildman–Crippen LogP) is 2.34. The average molecular weight is 249 g/mol. The summed E-state index contributed by atoms with van der Waals surface area (Å²) in [6.07, 6.45) is 5.56. The highest BCUT2D eigenvalue weighted by Crippen LogP contribution is 2.25. The second kappa shape index (κ2) is 5.45. The molecule has 2 N–H and O–H groups in total. The summed E-state index contributed by atoms with van der Waals surface area (Å²) in [5.41, 5.74) is 6.64. The molecule has 1 aromatic heterocycles. The molecule has 1 saturated heterocycles. The molecular formula is C13H19N3S. The van der Waals surface area contributed by atoms with Gasteiger partial charge in [0.05, 0.1) is 5.56 Å². The lowest BCUT2D eigenvalue weighted by atomic mass is 9.94. The molecular weight excluding hydrogens is 230 g/mol. The first-order valence-electron chi connectivity index (χ1n) is 6.22. The number of nitrogens with zero attached hydrogens (tertiary/aromatic N) is 2. The van der Waals surface area contributed by atoms with E-state index >= 15 is 0 Å². The first-order chi connectivity index (χ1) is 8.22. The van der Waals surface area contributed by atoms with Gasteiger partial charge in [0.1, 0.15) is 10.8 Å². The Morgan fingerprint density at radius 2 is 2.24 bits per heavy atom. The fraction of sp³-hybridized carbons (Fsp3) is 0.538. The van der Waals surface area contributed by atoms with E-state index in [1.807, 2.05) is 18.3 Å².